The Balaban J connectivity index is 0.000000160. The number of aliphatic hydroxyl groups excluding tert-OH is 1. The van der Waals surface area contributed by atoms with E-state index in [1.54, 1.807) is 0 Å². The molecule has 12 saturated heterocycles. The SMILES string of the molecule is C.C.C.C.C.C.CC1C(C)C2OC1C1C3OC(C21)C(C(C)(C)O)C3C(C)(C)O.CC1C(C)C2OC1C1C3OC(C21)C(C1(O)CCCC1)C3C1(O)CCCC1.CC1C(C)C2OC1C1C3OC(C21)C(C1(O)CCCC1)C3CO. The number of aliphatic hydroxyl groups is 6. The summed E-state index contributed by atoms with van der Waals surface area (Å²) in [6, 6.07) is 0. The van der Waals surface area contributed by atoms with Gasteiger partial charge >= 0.3 is 0 Å². The summed E-state index contributed by atoms with van der Waals surface area (Å²) in [7, 11) is 0. The fraction of sp³-hybridized carbons (Fsp3) is 1.00. The first-order chi connectivity index (χ1) is 33.0. The predicted octanol–water partition coefficient (Wildman–Crippen LogP) is 10.1. The van der Waals surface area contributed by atoms with Crippen LogP contribution in [0.25, 0.3) is 0 Å². The molecule has 15 aliphatic rings. The van der Waals surface area contributed by atoms with Crippen molar-refractivity contribution in [2.45, 2.75) is 292 Å². The van der Waals surface area contributed by atoms with Gasteiger partial charge in [-0.15, -0.1) is 0 Å². The second-order valence-electron chi connectivity index (χ2n) is 28.7. The minimum absolute atomic E-state index is 0. The van der Waals surface area contributed by atoms with Crippen LogP contribution in [-0.4, -0.2) is 138 Å². The van der Waals surface area contributed by atoms with Gasteiger partial charge in [0.15, 0.2) is 0 Å². The average Bonchev–Trinajstić information content (AvgIpc) is 4.13. The number of fused-ring (bicyclic) bond motifs is 27. The molecule has 3 saturated carbocycles. The zero-order valence-electron chi connectivity index (χ0n) is 44.1. The fourth-order valence-corrected chi connectivity index (χ4v) is 21.7. The maximum atomic E-state index is 11.6. The molecule has 444 valence electrons. The van der Waals surface area contributed by atoms with Gasteiger partial charge in [0, 0.05) is 77.6 Å². The second-order valence-corrected chi connectivity index (χ2v) is 28.7. The molecule has 0 spiro atoms. The van der Waals surface area contributed by atoms with E-state index in [4.69, 9.17) is 28.4 Å². The lowest BCUT2D eigenvalue weighted by molar-refractivity contribution is -0.127. The summed E-state index contributed by atoms with van der Waals surface area (Å²) in [4.78, 5) is 0. The van der Waals surface area contributed by atoms with Gasteiger partial charge in [0.2, 0.25) is 0 Å². The van der Waals surface area contributed by atoms with Crippen LogP contribution in [0.4, 0.5) is 0 Å². The molecule has 12 nitrogen and oxygen atoms in total. The lowest BCUT2D eigenvalue weighted by Crippen LogP contribution is -2.60. The molecule has 15 fully saturated rings. The predicted molar refractivity (Wildman–Crippen MR) is 299 cm³/mol. The van der Waals surface area contributed by atoms with Crippen LogP contribution in [0.15, 0.2) is 0 Å². The van der Waals surface area contributed by atoms with Gasteiger partial charge in [-0.2, -0.15) is 0 Å². The van der Waals surface area contributed by atoms with Crippen molar-refractivity contribution in [1.29, 1.82) is 0 Å². The topological polar surface area (TPSA) is 177 Å². The van der Waals surface area contributed by atoms with E-state index in [-0.39, 0.29) is 136 Å². The monoisotopic (exact) mass is 1080 g/mol. The van der Waals surface area contributed by atoms with Gasteiger partial charge in [0.25, 0.3) is 0 Å². The molecule has 30 atom stereocenters. The summed E-state index contributed by atoms with van der Waals surface area (Å²) in [5.74, 6) is 6.30. The Morgan fingerprint density at radius 3 is 0.829 bits per heavy atom. The van der Waals surface area contributed by atoms with Crippen LogP contribution < -0.4 is 0 Å². The van der Waals surface area contributed by atoms with Gasteiger partial charge < -0.3 is 59.1 Å². The smallest absolute Gasteiger partial charge is 0.0705 e. The van der Waals surface area contributed by atoms with E-state index >= 15 is 0 Å². The number of rotatable bonds is 6. The Morgan fingerprint density at radius 1 is 0.342 bits per heavy atom. The average molecular weight is 1080 g/mol. The quantitative estimate of drug-likeness (QED) is 0.149. The first-order valence-corrected chi connectivity index (χ1v) is 29.2. The minimum atomic E-state index is -0.855. The van der Waals surface area contributed by atoms with Crippen LogP contribution in [-0.2, 0) is 28.4 Å². The molecule has 0 radical (unpaired) electrons. The van der Waals surface area contributed by atoms with Crippen molar-refractivity contribution in [2.24, 2.45) is 107 Å². The van der Waals surface area contributed by atoms with E-state index in [1.807, 2.05) is 27.7 Å². The lowest BCUT2D eigenvalue weighted by atomic mass is 9.53. The fourth-order valence-electron chi connectivity index (χ4n) is 21.7. The summed E-state index contributed by atoms with van der Waals surface area (Å²) in [5, 5.41) is 66.0. The molecule has 12 bridgehead atoms. The first kappa shape index (κ1) is 63.1. The molecule has 30 unspecified atom stereocenters. The number of hydrogen-bond acceptors (Lipinski definition) is 12. The van der Waals surface area contributed by atoms with E-state index < -0.39 is 28.0 Å². The highest BCUT2D eigenvalue weighted by molar-refractivity contribution is 5.25. The van der Waals surface area contributed by atoms with Crippen LogP contribution >= 0.6 is 0 Å². The van der Waals surface area contributed by atoms with Crippen LogP contribution in [0.1, 0.15) is 191 Å². The first-order valence-electron chi connectivity index (χ1n) is 29.2. The normalized spacial score (nSPS) is 54.2. The van der Waals surface area contributed by atoms with Gasteiger partial charge in [0.1, 0.15) is 0 Å². The maximum Gasteiger partial charge on any atom is 0.0705 e. The molecule has 12 heterocycles. The van der Waals surface area contributed by atoms with Crippen molar-refractivity contribution in [3.8, 4) is 0 Å². The molecule has 0 aromatic rings. The van der Waals surface area contributed by atoms with Crippen LogP contribution in [0.5, 0.6) is 0 Å². The van der Waals surface area contributed by atoms with Gasteiger partial charge in [-0.3, -0.25) is 0 Å². The maximum absolute atomic E-state index is 11.6. The Morgan fingerprint density at radius 2 is 0.553 bits per heavy atom. The third-order valence-corrected chi connectivity index (χ3v) is 24.9. The molecule has 76 heavy (non-hydrogen) atoms. The van der Waals surface area contributed by atoms with Crippen molar-refractivity contribution in [2.75, 3.05) is 6.61 Å². The molecular weight excluding hydrogens is 961 g/mol. The second kappa shape index (κ2) is 21.0. The van der Waals surface area contributed by atoms with Gasteiger partial charge in [-0.25, -0.2) is 0 Å². The third kappa shape index (κ3) is 8.40. The van der Waals surface area contributed by atoms with Crippen molar-refractivity contribution < 1.29 is 59.1 Å². The molecule has 0 amide bonds. The summed E-state index contributed by atoms with van der Waals surface area (Å²) >= 11 is 0. The molecule has 6 N–H and O–H groups in total. The Bertz CT molecular complexity index is 1880. The van der Waals surface area contributed by atoms with Crippen LogP contribution in [0, 0.1) is 107 Å². The van der Waals surface area contributed by atoms with Crippen molar-refractivity contribution in [3.05, 3.63) is 0 Å². The summed E-state index contributed by atoms with van der Waals surface area (Å²) < 4.78 is 38.7. The number of hydrogen-bond donors (Lipinski definition) is 6. The Hall–Kier alpha value is -0.480. The molecule has 3 aliphatic carbocycles. The molecule has 0 aromatic heterocycles. The Labute approximate surface area is 462 Å². The summed E-state index contributed by atoms with van der Waals surface area (Å²) in [5.41, 5.74) is -3.60. The van der Waals surface area contributed by atoms with Gasteiger partial charge in [0.05, 0.1) is 101 Å². The van der Waals surface area contributed by atoms with Crippen molar-refractivity contribution >= 4 is 0 Å². The Kier molecular flexibility index (Phi) is 17.4. The van der Waals surface area contributed by atoms with Gasteiger partial charge in [-0.05, 0) is 102 Å². The molecule has 12 aliphatic heterocycles. The van der Waals surface area contributed by atoms with Crippen LogP contribution in [0.2, 0.25) is 0 Å². The molecule has 0 aromatic carbocycles. The lowest BCUT2D eigenvalue weighted by Gasteiger charge is -2.50. The van der Waals surface area contributed by atoms with Gasteiger partial charge in [-0.1, -0.05) is 125 Å². The van der Waals surface area contributed by atoms with E-state index in [1.165, 1.54) is 0 Å². The van der Waals surface area contributed by atoms with Crippen molar-refractivity contribution in [1.82, 2.24) is 0 Å². The zero-order chi connectivity index (χ0) is 49.3. The highest BCUT2D eigenvalue weighted by Gasteiger charge is 2.78. The van der Waals surface area contributed by atoms with E-state index in [9.17, 15) is 30.6 Å². The molecule has 15 rings (SSSR count). The highest BCUT2D eigenvalue weighted by Crippen LogP contribution is 2.70. The largest absolute Gasteiger partial charge is 0.396 e. The van der Waals surface area contributed by atoms with E-state index in [0.29, 0.717) is 95.4 Å². The minimum Gasteiger partial charge on any atom is -0.396 e. The number of ether oxygens (including phenoxy) is 6. The van der Waals surface area contributed by atoms with E-state index in [0.717, 1.165) is 77.0 Å². The highest BCUT2D eigenvalue weighted by atomic mass is 16.6. The molecule has 12 heteroatoms. The summed E-state index contributed by atoms with van der Waals surface area (Å²) in [6.45, 7) is 21.4. The molecular formula is C64H116O12. The zero-order valence-corrected chi connectivity index (χ0v) is 44.1. The standard InChI is InChI=1S/C22H34O4.C18H28O4.C18H30O4.6CH4/c1-11-12(2)18-14-13(17(11)25-18)19-15(21(23)7-3-4-8-21)16(20(14)26-19)22(24)9-5-6-10-22;1-8-9(2)15-12-11(14(8)21-15)16-10(7-19)13(17(12)22-16)18(20)5-3-4-6-18;1-7-8(2)14-10-9(13(7)21-14)15-11(17(3,4)19)12(16(10)22-15)18(5,6)20;;;;;;/h11-20,23-24H,3-10H2,1-2H3;8-17,19-20H,3-7H2,1-2H3;7-16,19-20H,1-6H3;6*1H4. The third-order valence-electron chi connectivity index (χ3n) is 24.9. The summed E-state index contributed by atoms with van der Waals surface area (Å²) in [6.07, 6.45) is 14.0. The van der Waals surface area contributed by atoms with Crippen LogP contribution in [0.3, 0.4) is 0 Å². The van der Waals surface area contributed by atoms with Crippen molar-refractivity contribution in [3.63, 3.8) is 0 Å². The van der Waals surface area contributed by atoms with E-state index in [2.05, 4.69) is 41.5 Å².